The summed E-state index contributed by atoms with van der Waals surface area (Å²) in [5.41, 5.74) is 6.63. The van der Waals surface area contributed by atoms with Crippen molar-refractivity contribution < 1.29 is 8.42 Å². The molecule has 1 aromatic heterocycles. The average Bonchev–Trinajstić information content (AvgIpc) is 2.89. The second kappa shape index (κ2) is 2.88. The molecule has 7 heteroatoms. The Bertz CT molecular complexity index is 446. The largest absolute Gasteiger partial charge is 0.394 e. The molecule has 14 heavy (non-hydrogen) atoms. The fraction of sp³-hybridized carbons (Fsp3) is 0.571. The first-order chi connectivity index (χ1) is 6.50. The number of aromatic nitrogens is 2. The highest BCUT2D eigenvalue weighted by Gasteiger charge is 2.36. The number of nitrogens with two attached hydrogens (primary N) is 1. The monoisotopic (exact) mass is 216 g/mol. The van der Waals surface area contributed by atoms with Gasteiger partial charge in [0, 0.05) is 0 Å². The van der Waals surface area contributed by atoms with Gasteiger partial charge in [-0.15, -0.1) is 0 Å². The molecule has 0 atom stereocenters. The summed E-state index contributed by atoms with van der Waals surface area (Å²) in [6, 6.07) is 0. The fourth-order valence-electron chi connectivity index (χ4n) is 1.11. The number of aryl methyl sites for hydroxylation is 1. The van der Waals surface area contributed by atoms with Crippen molar-refractivity contribution in [2.45, 2.75) is 25.0 Å². The third-order valence-electron chi connectivity index (χ3n) is 2.20. The summed E-state index contributed by atoms with van der Waals surface area (Å²) < 4.78 is 25.4. The molecule has 1 heterocycles. The van der Waals surface area contributed by atoms with Crippen LogP contribution < -0.4 is 10.5 Å². The number of nitrogen functional groups attached to an aromatic ring is 1. The second-order valence-electron chi connectivity index (χ2n) is 3.46. The SMILES string of the molecule is Cc1[nH]nc(NS(=O)(=O)C2CC2)c1N. The number of hydrogen-bond acceptors (Lipinski definition) is 4. The van der Waals surface area contributed by atoms with E-state index in [1.54, 1.807) is 6.92 Å². The lowest BCUT2D eigenvalue weighted by atomic mass is 10.4. The van der Waals surface area contributed by atoms with Gasteiger partial charge in [-0.2, -0.15) is 5.10 Å². The van der Waals surface area contributed by atoms with Crippen LogP contribution in [0.4, 0.5) is 11.5 Å². The Morgan fingerprint density at radius 3 is 2.64 bits per heavy atom. The summed E-state index contributed by atoms with van der Waals surface area (Å²) in [5.74, 6) is 0.203. The number of nitrogens with zero attached hydrogens (tertiary/aromatic N) is 1. The molecule has 1 aromatic rings. The van der Waals surface area contributed by atoms with Gasteiger partial charge in [-0.05, 0) is 19.8 Å². The molecule has 1 aliphatic rings. The Labute approximate surface area is 81.9 Å². The number of sulfonamides is 1. The van der Waals surface area contributed by atoms with Crippen LogP contribution in [0, 0.1) is 6.92 Å². The van der Waals surface area contributed by atoms with E-state index in [9.17, 15) is 8.42 Å². The molecule has 1 saturated carbocycles. The van der Waals surface area contributed by atoms with Crippen LogP contribution in [0.5, 0.6) is 0 Å². The van der Waals surface area contributed by atoms with Crippen LogP contribution in [0.15, 0.2) is 0 Å². The Hall–Kier alpha value is -1.24. The molecule has 4 N–H and O–H groups in total. The molecule has 0 radical (unpaired) electrons. The summed E-state index contributed by atoms with van der Waals surface area (Å²) in [4.78, 5) is 0. The molecule has 0 unspecified atom stereocenters. The van der Waals surface area contributed by atoms with E-state index < -0.39 is 10.0 Å². The van der Waals surface area contributed by atoms with Gasteiger partial charge in [0.2, 0.25) is 10.0 Å². The van der Waals surface area contributed by atoms with Crippen molar-refractivity contribution in [1.29, 1.82) is 0 Å². The van der Waals surface area contributed by atoms with E-state index in [1.807, 2.05) is 0 Å². The van der Waals surface area contributed by atoms with Gasteiger partial charge < -0.3 is 5.73 Å². The number of nitrogens with one attached hydrogen (secondary N) is 2. The predicted octanol–water partition coefficient (Wildman–Crippen LogP) is 0.204. The number of aromatic amines is 1. The van der Waals surface area contributed by atoms with Crippen molar-refractivity contribution in [2.75, 3.05) is 10.5 Å². The first-order valence-corrected chi connectivity index (χ1v) is 5.87. The van der Waals surface area contributed by atoms with Gasteiger partial charge in [-0.1, -0.05) is 0 Å². The second-order valence-corrected chi connectivity index (χ2v) is 5.42. The van der Waals surface area contributed by atoms with Crippen LogP contribution in [0.1, 0.15) is 18.5 Å². The van der Waals surface area contributed by atoms with E-state index in [-0.39, 0.29) is 11.1 Å². The zero-order valence-corrected chi connectivity index (χ0v) is 8.56. The molecule has 78 valence electrons. The summed E-state index contributed by atoms with van der Waals surface area (Å²) in [6.07, 6.45) is 1.44. The lowest BCUT2D eigenvalue weighted by Crippen LogP contribution is -2.18. The zero-order valence-electron chi connectivity index (χ0n) is 7.74. The topological polar surface area (TPSA) is 101 Å². The van der Waals surface area contributed by atoms with Crippen molar-refractivity contribution >= 4 is 21.5 Å². The first kappa shape index (κ1) is 9.32. The number of hydrogen-bond donors (Lipinski definition) is 3. The van der Waals surface area contributed by atoms with E-state index in [0.717, 1.165) is 12.8 Å². The molecule has 1 fully saturated rings. The van der Waals surface area contributed by atoms with Crippen LogP contribution in [0.3, 0.4) is 0 Å². The van der Waals surface area contributed by atoms with Crippen LogP contribution in [-0.2, 0) is 10.0 Å². The van der Waals surface area contributed by atoms with Gasteiger partial charge in [0.15, 0.2) is 5.82 Å². The standard InChI is InChI=1S/C7H12N4O2S/c1-4-6(8)7(10-9-4)11-14(12,13)5-2-3-5/h5H,2-3,8H2,1H3,(H2,9,10,11). The van der Waals surface area contributed by atoms with E-state index >= 15 is 0 Å². The molecule has 1 aliphatic carbocycles. The Morgan fingerprint density at radius 1 is 1.57 bits per heavy atom. The van der Waals surface area contributed by atoms with Crippen molar-refractivity contribution in [1.82, 2.24) is 10.2 Å². The molecule has 2 rings (SSSR count). The van der Waals surface area contributed by atoms with Gasteiger partial charge in [-0.3, -0.25) is 9.82 Å². The van der Waals surface area contributed by atoms with Crippen LogP contribution >= 0.6 is 0 Å². The minimum Gasteiger partial charge on any atom is -0.394 e. The molecule has 0 saturated heterocycles. The highest BCUT2D eigenvalue weighted by atomic mass is 32.2. The third-order valence-corrected chi connectivity index (χ3v) is 4.02. The van der Waals surface area contributed by atoms with Crippen LogP contribution in [0.25, 0.3) is 0 Å². The van der Waals surface area contributed by atoms with Crippen molar-refractivity contribution in [3.8, 4) is 0 Å². The predicted molar refractivity (Wildman–Crippen MR) is 53.3 cm³/mol. The molecule has 6 nitrogen and oxygen atoms in total. The van der Waals surface area contributed by atoms with Gasteiger partial charge >= 0.3 is 0 Å². The maximum atomic E-state index is 11.5. The minimum atomic E-state index is -3.26. The normalized spacial score (nSPS) is 16.9. The molecular weight excluding hydrogens is 204 g/mol. The summed E-state index contributed by atoms with van der Waals surface area (Å²) in [6.45, 7) is 1.73. The number of anilines is 2. The lowest BCUT2D eigenvalue weighted by Gasteiger charge is -2.03. The smallest absolute Gasteiger partial charge is 0.236 e. The van der Waals surface area contributed by atoms with Crippen molar-refractivity contribution in [3.05, 3.63) is 5.69 Å². The van der Waals surface area contributed by atoms with Crippen molar-refractivity contribution in [3.63, 3.8) is 0 Å². The minimum absolute atomic E-state index is 0.203. The fourth-order valence-corrected chi connectivity index (χ4v) is 2.46. The van der Waals surface area contributed by atoms with E-state index in [1.165, 1.54) is 0 Å². The summed E-state index contributed by atoms with van der Waals surface area (Å²) in [5, 5.41) is 6.12. The lowest BCUT2D eigenvalue weighted by molar-refractivity contribution is 0.600. The van der Waals surface area contributed by atoms with Crippen LogP contribution in [0.2, 0.25) is 0 Å². The van der Waals surface area contributed by atoms with E-state index in [0.29, 0.717) is 11.4 Å². The Morgan fingerprint density at radius 2 is 2.21 bits per heavy atom. The highest BCUT2D eigenvalue weighted by Crippen LogP contribution is 2.30. The molecular formula is C7H12N4O2S. The number of rotatable bonds is 3. The molecule has 0 spiro atoms. The summed E-state index contributed by atoms with van der Waals surface area (Å²) in [7, 11) is -3.26. The maximum Gasteiger partial charge on any atom is 0.236 e. The average molecular weight is 216 g/mol. The van der Waals surface area contributed by atoms with E-state index in [2.05, 4.69) is 14.9 Å². The van der Waals surface area contributed by atoms with Gasteiger partial charge in [0.1, 0.15) is 0 Å². The molecule has 0 amide bonds. The number of H-pyrrole nitrogens is 1. The first-order valence-electron chi connectivity index (χ1n) is 4.33. The highest BCUT2D eigenvalue weighted by molar-refractivity contribution is 7.93. The quantitative estimate of drug-likeness (QED) is 0.672. The Balaban J connectivity index is 2.22. The van der Waals surface area contributed by atoms with Gasteiger partial charge in [0.25, 0.3) is 0 Å². The van der Waals surface area contributed by atoms with Gasteiger partial charge in [0.05, 0.1) is 16.6 Å². The van der Waals surface area contributed by atoms with Crippen LogP contribution in [-0.4, -0.2) is 23.9 Å². The van der Waals surface area contributed by atoms with Crippen molar-refractivity contribution in [2.24, 2.45) is 0 Å². The Kier molecular flexibility index (Phi) is 1.91. The molecule has 0 aliphatic heterocycles. The van der Waals surface area contributed by atoms with E-state index in [4.69, 9.17) is 5.73 Å². The van der Waals surface area contributed by atoms with Gasteiger partial charge in [-0.25, -0.2) is 8.42 Å². The summed E-state index contributed by atoms with van der Waals surface area (Å²) >= 11 is 0. The molecule has 0 bridgehead atoms. The maximum absolute atomic E-state index is 11.5. The third kappa shape index (κ3) is 1.54. The zero-order chi connectivity index (χ0) is 10.3. The molecule has 0 aromatic carbocycles.